The van der Waals surface area contributed by atoms with Gasteiger partial charge >= 0.3 is 5.97 Å². The fourth-order valence-corrected chi connectivity index (χ4v) is 3.13. The first-order valence-corrected chi connectivity index (χ1v) is 9.00. The fraction of sp³-hybridized carbons (Fsp3) is 0.333. The summed E-state index contributed by atoms with van der Waals surface area (Å²) in [7, 11) is 1.53. The molecule has 3 rings (SSSR count). The summed E-state index contributed by atoms with van der Waals surface area (Å²) in [5.74, 6) is 0.0161. The third-order valence-corrected chi connectivity index (χ3v) is 4.42. The maximum atomic E-state index is 12.2. The van der Waals surface area contributed by atoms with Crippen molar-refractivity contribution in [1.82, 2.24) is 0 Å². The molecule has 1 amide bonds. The second-order valence-electron chi connectivity index (χ2n) is 6.26. The van der Waals surface area contributed by atoms with E-state index in [4.69, 9.17) is 14.2 Å². The average molecular weight is 369 g/mol. The lowest BCUT2D eigenvalue weighted by atomic mass is 10.1. The predicted octanol–water partition coefficient (Wildman–Crippen LogP) is 3.38. The maximum Gasteiger partial charge on any atom is 0.338 e. The molecule has 142 valence electrons. The Kier molecular flexibility index (Phi) is 5.96. The van der Waals surface area contributed by atoms with Gasteiger partial charge in [-0.1, -0.05) is 6.07 Å². The van der Waals surface area contributed by atoms with E-state index >= 15 is 0 Å². The van der Waals surface area contributed by atoms with Crippen LogP contribution in [0.4, 0.5) is 5.69 Å². The molecule has 1 N–H and O–H groups in total. The lowest BCUT2D eigenvalue weighted by Crippen LogP contribution is -2.21. The van der Waals surface area contributed by atoms with Crippen LogP contribution in [0.5, 0.6) is 11.5 Å². The number of carbonyl (C=O) groups excluding carboxylic acids is 2. The van der Waals surface area contributed by atoms with Gasteiger partial charge in [-0.05, 0) is 67.6 Å². The topological polar surface area (TPSA) is 73.9 Å². The van der Waals surface area contributed by atoms with Crippen molar-refractivity contribution in [3.05, 3.63) is 53.1 Å². The first-order chi connectivity index (χ1) is 13.1. The number of nitrogens with one attached hydrogen (secondary N) is 1. The van der Waals surface area contributed by atoms with Crippen molar-refractivity contribution in [3.63, 3.8) is 0 Å². The van der Waals surface area contributed by atoms with Crippen molar-refractivity contribution in [2.24, 2.45) is 0 Å². The van der Waals surface area contributed by atoms with Gasteiger partial charge < -0.3 is 19.5 Å². The van der Waals surface area contributed by atoms with E-state index < -0.39 is 5.97 Å². The highest BCUT2D eigenvalue weighted by molar-refractivity contribution is 5.95. The van der Waals surface area contributed by atoms with Crippen LogP contribution in [0.2, 0.25) is 0 Å². The number of anilines is 1. The van der Waals surface area contributed by atoms with Crippen molar-refractivity contribution < 1.29 is 23.8 Å². The molecule has 1 aliphatic carbocycles. The molecular formula is C21H23NO5. The van der Waals surface area contributed by atoms with Gasteiger partial charge in [0.25, 0.3) is 5.91 Å². The highest BCUT2D eigenvalue weighted by Gasteiger charge is 2.15. The predicted molar refractivity (Wildman–Crippen MR) is 102 cm³/mol. The molecule has 0 atom stereocenters. The van der Waals surface area contributed by atoms with E-state index in [2.05, 4.69) is 5.32 Å². The van der Waals surface area contributed by atoms with Crippen LogP contribution in [0.25, 0.3) is 0 Å². The molecule has 0 radical (unpaired) electrons. The summed E-state index contributed by atoms with van der Waals surface area (Å²) in [6, 6.07) is 10.6. The van der Waals surface area contributed by atoms with Crippen molar-refractivity contribution in [3.8, 4) is 11.5 Å². The summed E-state index contributed by atoms with van der Waals surface area (Å²) >= 11 is 0. The third kappa shape index (κ3) is 4.58. The number of methoxy groups -OCH3 is 1. The van der Waals surface area contributed by atoms with Gasteiger partial charge in [-0.25, -0.2) is 4.79 Å². The van der Waals surface area contributed by atoms with Crippen LogP contribution in [0.3, 0.4) is 0 Å². The molecule has 6 nitrogen and oxygen atoms in total. The minimum Gasteiger partial charge on any atom is -0.493 e. The molecule has 0 bridgehead atoms. The van der Waals surface area contributed by atoms with E-state index in [9.17, 15) is 9.59 Å². The maximum absolute atomic E-state index is 12.2. The molecule has 2 aromatic rings. The summed E-state index contributed by atoms with van der Waals surface area (Å²) in [6.07, 6.45) is 3.27. The molecule has 0 heterocycles. The lowest BCUT2D eigenvalue weighted by molar-refractivity contribution is -0.119. The largest absolute Gasteiger partial charge is 0.493 e. The normalized spacial score (nSPS) is 12.2. The van der Waals surface area contributed by atoms with Crippen LogP contribution in [0.1, 0.15) is 34.8 Å². The number of amides is 1. The summed E-state index contributed by atoms with van der Waals surface area (Å²) in [5.41, 5.74) is 3.62. The van der Waals surface area contributed by atoms with Crippen molar-refractivity contribution >= 4 is 17.6 Å². The van der Waals surface area contributed by atoms with E-state index in [1.165, 1.54) is 18.2 Å². The summed E-state index contributed by atoms with van der Waals surface area (Å²) in [4.78, 5) is 24.3. The quantitative estimate of drug-likeness (QED) is 0.758. The van der Waals surface area contributed by atoms with E-state index in [1.54, 1.807) is 18.2 Å². The van der Waals surface area contributed by atoms with E-state index in [-0.39, 0.29) is 12.5 Å². The van der Waals surface area contributed by atoms with Crippen molar-refractivity contribution in [2.75, 3.05) is 25.6 Å². The van der Waals surface area contributed by atoms with Gasteiger partial charge in [-0.2, -0.15) is 0 Å². The third-order valence-electron chi connectivity index (χ3n) is 4.42. The molecule has 27 heavy (non-hydrogen) atoms. The summed E-state index contributed by atoms with van der Waals surface area (Å²) in [5, 5.41) is 2.77. The molecule has 0 saturated heterocycles. The number of rotatable bonds is 7. The number of ether oxygens (including phenoxy) is 3. The van der Waals surface area contributed by atoms with Crippen LogP contribution >= 0.6 is 0 Å². The van der Waals surface area contributed by atoms with Gasteiger partial charge in [0.15, 0.2) is 18.1 Å². The minimum atomic E-state index is -0.595. The monoisotopic (exact) mass is 369 g/mol. The van der Waals surface area contributed by atoms with Crippen LogP contribution in [-0.2, 0) is 22.4 Å². The van der Waals surface area contributed by atoms with Gasteiger partial charge in [0, 0.05) is 5.69 Å². The lowest BCUT2D eigenvalue weighted by Gasteiger charge is -2.11. The molecule has 6 heteroatoms. The molecule has 0 saturated carbocycles. The van der Waals surface area contributed by atoms with Crippen LogP contribution in [0.15, 0.2) is 36.4 Å². The van der Waals surface area contributed by atoms with Gasteiger partial charge in [-0.15, -0.1) is 0 Å². The van der Waals surface area contributed by atoms with Crippen LogP contribution in [-0.4, -0.2) is 32.2 Å². The number of hydrogen-bond donors (Lipinski definition) is 1. The number of carbonyl (C=O) groups is 2. The van der Waals surface area contributed by atoms with E-state index in [0.717, 1.165) is 24.9 Å². The Morgan fingerprint density at radius 3 is 2.63 bits per heavy atom. The Morgan fingerprint density at radius 1 is 1.04 bits per heavy atom. The molecule has 1 aliphatic rings. The highest BCUT2D eigenvalue weighted by Crippen LogP contribution is 2.28. The first kappa shape index (κ1) is 18.8. The zero-order valence-electron chi connectivity index (χ0n) is 15.5. The van der Waals surface area contributed by atoms with E-state index in [1.807, 2.05) is 25.1 Å². The molecule has 0 spiro atoms. The molecule has 0 aliphatic heterocycles. The standard InChI is InChI=1S/C21H23NO5/c1-3-26-19-12-16(8-10-18(19)25-2)21(24)27-13-20(23)22-17-9-7-14-5-4-6-15(14)11-17/h7-12H,3-6,13H2,1-2H3,(H,22,23). The molecule has 0 unspecified atom stereocenters. The first-order valence-electron chi connectivity index (χ1n) is 9.00. The SMILES string of the molecule is CCOc1cc(C(=O)OCC(=O)Nc2ccc3c(c2)CCC3)ccc1OC. The van der Waals surface area contributed by atoms with Crippen LogP contribution in [0, 0.1) is 0 Å². The molecule has 0 fully saturated rings. The second kappa shape index (κ2) is 8.58. The van der Waals surface area contributed by atoms with Crippen molar-refractivity contribution in [2.45, 2.75) is 26.2 Å². The minimum absolute atomic E-state index is 0.296. The fourth-order valence-electron chi connectivity index (χ4n) is 3.13. The van der Waals surface area contributed by atoms with Gasteiger partial charge in [-0.3, -0.25) is 4.79 Å². The second-order valence-corrected chi connectivity index (χ2v) is 6.26. The Hall–Kier alpha value is -3.02. The highest BCUT2D eigenvalue weighted by atomic mass is 16.5. The molecule has 2 aromatic carbocycles. The molecular weight excluding hydrogens is 346 g/mol. The summed E-state index contributed by atoms with van der Waals surface area (Å²) < 4.78 is 15.7. The zero-order valence-corrected chi connectivity index (χ0v) is 15.5. The van der Waals surface area contributed by atoms with Gasteiger partial charge in [0.2, 0.25) is 0 Å². The Bertz CT molecular complexity index is 846. The Balaban J connectivity index is 1.57. The van der Waals surface area contributed by atoms with Crippen molar-refractivity contribution in [1.29, 1.82) is 0 Å². The summed E-state index contributed by atoms with van der Waals surface area (Å²) in [6.45, 7) is 1.93. The molecule has 0 aromatic heterocycles. The smallest absolute Gasteiger partial charge is 0.338 e. The number of benzene rings is 2. The number of hydrogen-bond acceptors (Lipinski definition) is 5. The van der Waals surface area contributed by atoms with Gasteiger partial charge in [0.05, 0.1) is 19.3 Å². The average Bonchev–Trinajstić information content (AvgIpc) is 3.14. The number of esters is 1. The number of fused-ring (bicyclic) bond motifs is 1. The van der Waals surface area contributed by atoms with Crippen LogP contribution < -0.4 is 14.8 Å². The zero-order chi connectivity index (χ0) is 19.2. The van der Waals surface area contributed by atoms with Gasteiger partial charge in [0.1, 0.15) is 0 Å². The number of aryl methyl sites for hydroxylation is 2. The van der Waals surface area contributed by atoms with E-state index in [0.29, 0.717) is 23.7 Å². The Labute approximate surface area is 158 Å². The Morgan fingerprint density at radius 2 is 1.85 bits per heavy atom.